The molecule has 17 heavy (non-hydrogen) atoms. The van der Waals surface area contributed by atoms with Gasteiger partial charge in [0, 0.05) is 13.1 Å². The highest BCUT2D eigenvalue weighted by Gasteiger charge is 2.30. The maximum absolute atomic E-state index is 8.78. The molecule has 1 aliphatic heterocycles. The van der Waals surface area contributed by atoms with Crippen LogP contribution in [0.1, 0.15) is 17.2 Å². The van der Waals surface area contributed by atoms with Gasteiger partial charge in [-0.1, -0.05) is 12.1 Å². The van der Waals surface area contributed by atoms with Crippen molar-refractivity contribution in [1.82, 2.24) is 4.90 Å². The molecule has 2 rings (SSSR count). The summed E-state index contributed by atoms with van der Waals surface area (Å²) in [6.07, 6.45) is 0.0293. The molecule has 2 atom stereocenters. The fourth-order valence-electron chi connectivity index (χ4n) is 2.28. The first-order chi connectivity index (χ1) is 8.26. The van der Waals surface area contributed by atoms with Crippen LogP contribution in [0, 0.1) is 11.3 Å². The molecule has 1 heterocycles. The molecule has 2 unspecified atom stereocenters. The third kappa shape index (κ3) is 2.47. The molecule has 0 radical (unpaired) electrons. The predicted octanol–water partition coefficient (Wildman–Crippen LogP) is 0.889. The van der Waals surface area contributed by atoms with E-state index >= 15 is 0 Å². The molecule has 0 spiro atoms. The van der Waals surface area contributed by atoms with E-state index in [1.807, 2.05) is 24.3 Å². The number of hydrogen-bond donors (Lipinski definition) is 1. The molecule has 1 aromatic carbocycles. The van der Waals surface area contributed by atoms with Crippen molar-refractivity contribution in [1.29, 1.82) is 5.26 Å². The molecule has 0 aromatic heterocycles. The second kappa shape index (κ2) is 5.28. The summed E-state index contributed by atoms with van der Waals surface area (Å²) in [5, 5.41) is 8.78. The average Bonchev–Trinajstić information content (AvgIpc) is 2.38. The summed E-state index contributed by atoms with van der Waals surface area (Å²) < 4.78 is 5.69. The van der Waals surface area contributed by atoms with Gasteiger partial charge >= 0.3 is 0 Å². The number of benzene rings is 1. The highest BCUT2D eigenvalue weighted by atomic mass is 16.5. The Morgan fingerprint density at radius 2 is 2.18 bits per heavy atom. The Kier molecular flexibility index (Phi) is 3.75. The van der Waals surface area contributed by atoms with Crippen LogP contribution >= 0.6 is 0 Å². The maximum atomic E-state index is 8.78. The van der Waals surface area contributed by atoms with Gasteiger partial charge in [-0.05, 0) is 24.7 Å². The Morgan fingerprint density at radius 3 is 2.76 bits per heavy atom. The minimum Gasteiger partial charge on any atom is -0.374 e. The van der Waals surface area contributed by atoms with E-state index in [0.717, 1.165) is 18.7 Å². The van der Waals surface area contributed by atoms with Crippen LogP contribution < -0.4 is 5.73 Å². The summed E-state index contributed by atoms with van der Waals surface area (Å²) in [4.78, 5) is 2.25. The van der Waals surface area contributed by atoms with Crippen LogP contribution in [0.2, 0.25) is 0 Å². The zero-order valence-electron chi connectivity index (χ0n) is 9.97. The molecule has 1 aromatic rings. The first kappa shape index (κ1) is 12.1. The van der Waals surface area contributed by atoms with Crippen molar-refractivity contribution >= 4 is 0 Å². The zero-order valence-corrected chi connectivity index (χ0v) is 9.97. The van der Waals surface area contributed by atoms with Gasteiger partial charge in [0.05, 0.1) is 30.4 Å². The van der Waals surface area contributed by atoms with Crippen molar-refractivity contribution in [3.05, 3.63) is 35.4 Å². The van der Waals surface area contributed by atoms with Crippen molar-refractivity contribution in [2.45, 2.75) is 12.1 Å². The summed E-state index contributed by atoms with van der Waals surface area (Å²) in [7, 11) is 2.08. The van der Waals surface area contributed by atoms with E-state index in [0.29, 0.717) is 12.1 Å². The van der Waals surface area contributed by atoms with Gasteiger partial charge in [0.2, 0.25) is 0 Å². The largest absolute Gasteiger partial charge is 0.374 e. The van der Waals surface area contributed by atoms with Crippen molar-refractivity contribution in [2.24, 2.45) is 5.73 Å². The maximum Gasteiger partial charge on any atom is 0.0991 e. The van der Waals surface area contributed by atoms with Crippen molar-refractivity contribution in [3.63, 3.8) is 0 Å². The number of rotatable bonds is 2. The summed E-state index contributed by atoms with van der Waals surface area (Å²) in [6, 6.07) is 9.95. The topological polar surface area (TPSA) is 62.3 Å². The number of morpholine rings is 1. The van der Waals surface area contributed by atoms with Gasteiger partial charge in [0.15, 0.2) is 0 Å². The Bertz CT molecular complexity index is 410. The van der Waals surface area contributed by atoms with Crippen LogP contribution in [0.4, 0.5) is 0 Å². The van der Waals surface area contributed by atoms with E-state index in [4.69, 9.17) is 15.7 Å². The van der Waals surface area contributed by atoms with Gasteiger partial charge < -0.3 is 10.5 Å². The van der Waals surface area contributed by atoms with E-state index in [1.54, 1.807) is 0 Å². The Balaban J connectivity index is 2.25. The van der Waals surface area contributed by atoms with Gasteiger partial charge in [0.25, 0.3) is 0 Å². The van der Waals surface area contributed by atoms with Crippen LogP contribution in [-0.4, -0.2) is 37.7 Å². The number of nitriles is 1. The summed E-state index contributed by atoms with van der Waals surface area (Å²) >= 11 is 0. The molecular formula is C13H17N3O. The van der Waals surface area contributed by atoms with E-state index in [1.165, 1.54) is 0 Å². The standard InChI is InChI=1S/C13H17N3O/c1-16-6-7-17-12(9-15)13(16)11-4-2-10(8-14)3-5-11/h2-5,12-13H,6-7,9,15H2,1H3. The Morgan fingerprint density at radius 1 is 1.47 bits per heavy atom. The fourth-order valence-corrected chi connectivity index (χ4v) is 2.28. The molecule has 2 N–H and O–H groups in total. The minimum atomic E-state index is 0.0293. The van der Waals surface area contributed by atoms with Gasteiger partial charge in [-0.15, -0.1) is 0 Å². The fraction of sp³-hybridized carbons (Fsp3) is 0.462. The van der Waals surface area contributed by atoms with Crippen LogP contribution in [0.25, 0.3) is 0 Å². The first-order valence-corrected chi connectivity index (χ1v) is 5.78. The lowest BCUT2D eigenvalue weighted by atomic mass is 9.97. The van der Waals surface area contributed by atoms with Crippen LogP contribution in [-0.2, 0) is 4.74 Å². The lowest BCUT2D eigenvalue weighted by Gasteiger charge is -2.39. The lowest BCUT2D eigenvalue weighted by Crippen LogP contribution is -2.46. The molecule has 1 aliphatic rings. The Labute approximate surface area is 102 Å². The normalized spacial score (nSPS) is 25.5. The quantitative estimate of drug-likeness (QED) is 0.821. The van der Waals surface area contributed by atoms with Crippen LogP contribution in [0.5, 0.6) is 0 Å². The third-order valence-corrected chi connectivity index (χ3v) is 3.22. The molecule has 0 saturated carbocycles. The zero-order chi connectivity index (χ0) is 12.3. The highest BCUT2D eigenvalue weighted by molar-refractivity contribution is 5.33. The highest BCUT2D eigenvalue weighted by Crippen LogP contribution is 2.27. The number of hydrogen-bond acceptors (Lipinski definition) is 4. The van der Waals surface area contributed by atoms with Crippen LogP contribution in [0.3, 0.4) is 0 Å². The van der Waals surface area contributed by atoms with Crippen molar-refractivity contribution < 1.29 is 4.74 Å². The van der Waals surface area contributed by atoms with Crippen LogP contribution in [0.15, 0.2) is 24.3 Å². The number of nitrogens with two attached hydrogens (primary N) is 1. The smallest absolute Gasteiger partial charge is 0.0991 e. The van der Waals surface area contributed by atoms with E-state index in [-0.39, 0.29) is 12.1 Å². The van der Waals surface area contributed by atoms with Gasteiger partial charge in [-0.25, -0.2) is 0 Å². The number of nitrogens with zero attached hydrogens (tertiary/aromatic N) is 2. The van der Waals surface area contributed by atoms with Gasteiger partial charge in [0.1, 0.15) is 0 Å². The molecule has 4 nitrogen and oxygen atoms in total. The van der Waals surface area contributed by atoms with Crippen molar-refractivity contribution in [2.75, 3.05) is 26.7 Å². The minimum absolute atomic E-state index is 0.0293. The van der Waals surface area contributed by atoms with E-state index in [2.05, 4.69) is 18.0 Å². The SMILES string of the molecule is CN1CCOC(CN)C1c1ccc(C#N)cc1. The van der Waals surface area contributed by atoms with Gasteiger partial charge in [-0.2, -0.15) is 5.26 Å². The predicted molar refractivity (Wildman–Crippen MR) is 65.3 cm³/mol. The number of ether oxygens (including phenoxy) is 1. The average molecular weight is 231 g/mol. The molecule has 1 saturated heterocycles. The first-order valence-electron chi connectivity index (χ1n) is 5.78. The van der Waals surface area contributed by atoms with E-state index < -0.39 is 0 Å². The van der Waals surface area contributed by atoms with Gasteiger partial charge in [-0.3, -0.25) is 4.90 Å². The summed E-state index contributed by atoms with van der Waals surface area (Å²) in [5.74, 6) is 0. The summed E-state index contributed by atoms with van der Waals surface area (Å²) in [6.45, 7) is 2.14. The lowest BCUT2D eigenvalue weighted by molar-refractivity contribution is -0.0576. The summed E-state index contributed by atoms with van der Waals surface area (Å²) in [5.41, 5.74) is 7.58. The number of likely N-dealkylation sites (N-methyl/N-ethyl adjacent to an activating group) is 1. The molecule has 1 fully saturated rings. The Hall–Kier alpha value is -1.41. The molecule has 0 aliphatic carbocycles. The molecule has 4 heteroatoms. The monoisotopic (exact) mass is 231 g/mol. The van der Waals surface area contributed by atoms with E-state index in [9.17, 15) is 0 Å². The third-order valence-electron chi connectivity index (χ3n) is 3.22. The second-order valence-corrected chi connectivity index (χ2v) is 4.30. The molecule has 0 bridgehead atoms. The molecular weight excluding hydrogens is 214 g/mol. The molecule has 0 amide bonds. The van der Waals surface area contributed by atoms with Crippen molar-refractivity contribution in [3.8, 4) is 6.07 Å². The molecule has 90 valence electrons. The second-order valence-electron chi connectivity index (χ2n) is 4.30.